The molecule has 0 aromatic heterocycles. The van der Waals surface area contributed by atoms with Gasteiger partial charge in [0.25, 0.3) is 5.91 Å². The third kappa shape index (κ3) is 5.22. The predicted octanol–water partition coefficient (Wildman–Crippen LogP) is 4.87. The largest absolute Gasteiger partial charge is 0.478 e. The fourth-order valence-corrected chi connectivity index (χ4v) is 2.43. The number of rotatable bonds is 7. The van der Waals surface area contributed by atoms with Crippen molar-refractivity contribution in [2.75, 3.05) is 17.2 Å². The first-order valence-electron chi connectivity index (χ1n) is 8.32. The molecule has 0 unspecified atom stereocenters. The van der Waals surface area contributed by atoms with Crippen LogP contribution in [0, 0.1) is 0 Å². The third-order valence-corrected chi connectivity index (χ3v) is 3.84. The maximum absolute atomic E-state index is 12.8. The van der Waals surface area contributed by atoms with Gasteiger partial charge in [-0.15, -0.1) is 0 Å². The molecule has 2 rings (SSSR count). The van der Waals surface area contributed by atoms with E-state index in [-0.39, 0.29) is 11.3 Å². The second kappa shape index (κ2) is 8.57. The smallest absolute Gasteiger partial charge is 0.416 e. The molecule has 2 aromatic rings. The number of para-hydroxylation sites is 1. The SMILES string of the molecule is CCCCNc1ccccc1C(=O)Nc1ccc(C(F)(F)F)cc1C(=O)O. The topological polar surface area (TPSA) is 78.4 Å². The van der Waals surface area contributed by atoms with Crippen LogP contribution >= 0.6 is 0 Å². The van der Waals surface area contributed by atoms with Crippen LogP contribution in [0.3, 0.4) is 0 Å². The van der Waals surface area contributed by atoms with E-state index in [9.17, 15) is 27.9 Å². The Morgan fingerprint density at radius 3 is 2.37 bits per heavy atom. The fraction of sp³-hybridized carbons (Fsp3) is 0.263. The number of carboxylic acid groups (broad SMARTS) is 1. The van der Waals surface area contributed by atoms with E-state index >= 15 is 0 Å². The highest BCUT2D eigenvalue weighted by atomic mass is 19.4. The summed E-state index contributed by atoms with van der Waals surface area (Å²) in [5, 5.41) is 14.7. The molecule has 0 saturated carbocycles. The quantitative estimate of drug-likeness (QED) is 0.599. The summed E-state index contributed by atoms with van der Waals surface area (Å²) in [5.74, 6) is -2.18. The van der Waals surface area contributed by atoms with Gasteiger partial charge in [0, 0.05) is 12.2 Å². The molecule has 0 saturated heterocycles. The number of anilines is 2. The predicted molar refractivity (Wildman–Crippen MR) is 96.2 cm³/mol. The Hall–Kier alpha value is -3.03. The van der Waals surface area contributed by atoms with Crippen LogP contribution in [-0.4, -0.2) is 23.5 Å². The lowest BCUT2D eigenvalue weighted by Gasteiger charge is -2.14. The van der Waals surface area contributed by atoms with Crippen LogP contribution in [0.2, 0.25) is 0 Å². The number of carbonyl (C=O) groups is 2. The molecule has 0 aliphatic heterocycles. The van der Waals surface area contributed by atoms with E-state index in [1.54, 1.807) is 24.3 Å². The fourth-order valence-electron chi connectivity index (χ4n) is 2.43. The Bertz CT molecular complexity index is 835. The van der Waals surface area contributed by atoms with Crippen molar-refractivity contribution in [3.05, 3.63) is 59.2 Å². The van der Waals surface area contributed by atoms with Crippen molar-refractivity contribution in [3.8, 4) is 0 Å². The second-order valence-corrected chi connectivity index (χ2v) is 5.84. The first kappa shape index (κ1) is 20.3. The highest BCUT2D eigenvalue weighted by Crippen LogP contribution is 2.32. The summed E-state index contributed by atoms with van der Waals surface area (Å²) in [5.41, 5.74) is -1.10. The first-order valence-corrected chi connectivity index (χ1v) is 8.32. The molecule has 3 N–H and O–H groups in total. The lowest BCUT2D eigenvalue weighted by atomic mass is 10.1. The van der Waals surface area contributed by atoms with Gasteiger partial charge in [-0.1, -0.05) is 25.5 Å². The van der Waals surface area contributed by atoms with Crippen LogP contribution in [0.15, 0.2) is 42.5 Å². The van der Waals surface area contributed by atoms with Crippen LogP contribution < -0.4 is 10.6 Å². The molecule has 0 radical (unpaired) electrons. The molecule has 0 spiro atoms. The summed E-state index contributed by atoms with van der Waals surface area (Å²) in [6.45, 7) is 2.68. The molecule has 27 heavy (non-hydrogen) atoms. The Labute approximate surface area is 154 Å². The number of aromatic carboxylic acids is 1. The first-order chi connectivity index (χ1) is 12.7. The molecule has 0 fully saturated rings. The van der Waals surface area contributed by atoms with Crippen LogP contribution in [0.1, 0.15) is 46.0 Å². The molecule has 0 atom stereocenters. The van der Waals surface area contributed by atoms with Gasteiger partial charge in [0.05, 0.1) is 22.4 Å². The molecule has 1 amide bonds. The number of amides is 1. The average molecular weight is 380 g/mol. The standard InChI is InChI=1S/C19H19F3N2O3/c1-2-3-10-23-15-7-5-4-6-13(15)17(25)24-16-9-8-12(19(20,21)22)11-14(16)18(26)27/h4-9,11,23H,2-3,10H2,1H3,(H,24,25)(H,26,27). The van der Waals surface area contributed by atoms with E-state index in [4.69, 9.17) is 0 Å². The molecule has 0 aliphatic rings. The van der Waals surface area contributed by atoms with E-state index in [0.29, 0.717) is 18.3 Å². The van der Waals surface area contributed by atoms with Gasteiger partial charge < -0.3 is 15.7 Å². The number of carbonyl (C=O) groups excluding carboxylic acids is 1. The van der Waals surface area contributed by atoms with Crippen LogP contribution in [-0.2, 0) is 6.18 Å². The number of halogens is 3. The average Bonchev–Trinajstić information content (AvgIpc) is 2.61. The monoisotopic (exact) mass is 380 g/mol. The molecule has 8 heteroatoms. The molecule has 0 heterocycles. The Morgan fingerprint density at radius 1 is 1.04 bits per heavy atom. The lowest BCUT2D eigenvalue weighted by Crippen LogP contribution is -2.18. The van der Waals surface area contributed by atoms with Gasteiger partial charge in [-0.25, -0.2) is 4.79 Å². The van der Waals surface area contributed by atoms with Gasteiger partial charge in [-0.2, -0.15) is 13.2 Å². The van der Waals surface area contributed by atoms with Gasteiger partial charge in [0.1, 0.15) is 0 Å². The minimum atomic E-state index is -4.68. The number of hydrogen-bond donors (Lipinski definition) is 3. The van der Waals surface area contributed by atoms with Crippen LogP contribution in [0.25, 0.3) is 0 Å². The third-order valence-electron chi connectivity index (χ3n) is 3.84. The number of benzene rings is 2. The summed E-state index contributed by atoms with van der Waals surface area (Å²) in [4.78, 5) is 23.9. The van der Waals surface area contributed by atoms with Crippen molar-refractivity contribution < 1.29 is 27.9 Å². The van der Waals surface area contributed by atoms with E-state index in [1.807, 2.05) is 6.92 Å². The molecule has 144 valence electrons. The van der Waals surface area contributed by atoms with Gasteiger partial charge in [0.2, 0.25) is 0 Å². The zero-order chi connectivity index (χ0) is 20.0. The van der Waals surface area contributed by atoms with E-state index < -0.39 is 29.2 Å². The van der Waals surface area contributed by atoms with Gasteiger partial charge >= 0.3 is 12.1 Å². The number of unbranched alkanes of at least 4 members (excludes halogenated alkanes) is 1. The zero-order valence-corrected chi connectivity index (χ0v) is 14.6. The maximum atomic E-state index is 12.8. The minimum Gasteiger partial charge on any atom is -0.478 e. The highest BCUT2D eigenvalue weighted by molar-refractivity contribution is 6.10. The summed E-state index contributed by atoms with van der Waals surface area (Å²) in [7, 11) is 0. The van der Waals surface area contributed by atoms with Gasteiger partial charge in [-0.3, -0.25) is 4.79 Å². The van der Waals surface area contributed by atoms with Crippen molar-refractivity contribution in [1.82, 2.24) is 0 Å². The molecule has 5 nitrogen and oxygen atoms in total. The second-order valence-electron chi connectivity index (χ2n) is 5.84. The number of hydrogen-bond acceptors (Lipinski definition) is 3. The summed E-state index contributed by atoms with van der Waals surface area (Å²) < 4.78 is 38.4. The van der Waals surface area contributed by atoms with Gasteiger partial charge in [0.15, 0.2) is 0 Å². The van der Waals surface area contributed by atoms with Crippen LogP contribution in [0.4, 0.5) is 24.5 Å². The van der Waals surface area contributed by atoms with Crippen molar-refractivity contribution >= 4 is 23.3 Å². The highest BCUT2D eigenvalue weighted by Gasteiger charge is 2.32. The molecule has 2 aromatic carbocycles. The molecular formula is C19H19F3N2O3. The maximum Gasteiger partial charge on any atom is 0.416 e. The molecule has 0 bridgehead atoms. The lowest BCUT2D eigenvalue weighted by molar-refractivity contribution is -0.137. The summed E-state index contributed by atoms with van der Waals surface area (Å²) in [6, 6.07) is 8.81. The Kier molecular flexibility index (Phi) is 6.44. The normalized spacial score (nSPS) is 11.1. The zero-order valence-electron chi connectivity index (χ0n) is 14.6. The van der Waals surface area contributed by atoms with Crippen molar-refractivity contribution in [2.45, 2.75) is 25.9 Å². The van der Waals surface area contributed by atoms with Gasteiger partial charge in [-0.05, 0) is 36.8 Å². The van der Waals surface area contributed by atoms with Crippen molar-refractivity contribution in [3.63, 3.8) is 0 Å². The minimum absolute atomic E-state index is 0.205. The van der Waals surface area contributed by atoms with E-state index in [1.165, 1.54) is 0 Å². The van der Waals surface area contributed by atoms with Crippen molar-refractivity contribution in [1.29, 1.82) is 0 Å². The summed E-state index contributed by atoms with van der Waals surface area (Å²) >= 11 is 0. The number of alkyl halides is 3. The van der Waals surface area contributed by atoms with Crippen LogP contribution in [0.5, 0.6) is 0 Å². The molecular weight excluding hydrogens is 361 g/mol. The Morgan fingerprint density at radius 2 is 1.74 bits per heavy atom. The number of carboxylic acids is 1. The Balaban J connectivity index is 2.29. The summed E-state index contributed by atoms with van der Waals surface area (Å²) in [6.07, 6.45) is -2.81. The van der Waals surface area contributed by atoms with E-state index in [2.05, 4.69) is 10.6 Å². The number of nitrogens with one attached hydrogen (secondary N) is 2. The van der Waals surface area contributed by atoms with E-state index in [0.717, 1.165) is 25.0 Å². The molecule has 0 aliphatic carbocycles. The van der Waals surface area contributed by atoms with Crippen molar-refractivity contribution in [2.24, 2.45) is 0 Å².